The quantitative estimate of drug-likeness (QED) is 0.760. The van der Waals surface area contributed by atoms with Gasteiger partial charge in [0.25, 0.3) is 0 Å². The first-order valence-corrected chi connectivity index (χ1v) is 7.86. The van der Waals surface area contributed by atoms with Crippen LogP contribution in [0.4, 0.5) is 0 Å². The lowest BCUT2D eigenvalue weighted by Crippen LogP contribution is -2.16. The first kappa shape index (κ1) is 12.5. The third-order valence-corrected chi connectivity index (χ3v) is 5.55. The van der Waals surface area contributed by atoms with E-state index in [0.29, 0.717) is 0 Å². The Morgan fingerprint density at radius 3 is 2.90 bits per heavy atom. The third-order valence-electron chi connectivity index (χ3n) is 5.32. The van der Waals surface area contributed by atoms with E-state index in [4.69, 9.17) is 11.6 Å². The maximum atomic E-state index is 11.2. The van der Waals surface area contributed by atoms with Gasteiger partial charge in [-0.05, 0) is 49.1 Å². The molecular weight excluding hydrogens is 270 g/mol. The smallest absolute Gasteiger partial charge is 0.152 e. The zero-order chi connectivity index (χ0) is 13.7. The Hall–Kier alpha value is -1.28. The highest BCUT2D eigenvalue weighted by atomic mass is 35.5. The maximum absolute atomic E-state index is 11.2. The van der Waals surface area contributed by atoms with Crippen LogP contribution in [0.2, 0.25) is 5.02 Å². The Labute approximate surface area is 123 Å². The van der Waals surface area contributed by atoms with Crippen molar-refractivity contribution in [2.45, 2.75) is 32.2 Å². The molecule has 20 heavy (non-hydrogen) atoms. The van der Waals surface area contributed by atoms with Crippen molar-refractivity contribution in [3.8, 4) is 0 Å². The number of hydrogen-bond donors (Lipinski definition) is 0. The summed E-state index contributed by atoms with van der Waals surface area (Å²) >= 11 is 6.12. The number of rotatable bonds is 3. The number of nitrogens with zero attached hydrogens (tertiary/aromatic N) is 1. The van der Waals surface area contributed by atoms with E-state index in [1.54, 1.807) is 0 Å². The molecule has 0 spiro atoms. The predicted octanol–water partition coefficient (Wildman–Crippen LogP) is 4.54. The molecule has 2 bridgehead atoms. The van der Waals surface area contributed by atoms with Crippen LogP contribution in [0.1, 0.15) is 36.0 Å². The molecule has 2 aromatic rings. The van der Waals surface area contributed by atoms with Crippen LogP contribution in [0.25, 0.3) is 10.9 Å². The zero-order valence-corrected chi connectivity index (χ0v) is 12.1. The molecule has 4 rings (SSSR count). The molecule has 1 aromatic heterocycles. The summed E-state index contributed by atoms with van der Waals surface area (Å²) in [7, 11) is 0. The second-order valence-electron chi connectivity index (χ2n) is 6.45. The molecule has 2 aliphatic rings. The molecule has 0 aliphatic heterocycles. The van der Waals surface area contributed by atoms with Crippen LogP contribution in [0.15, 0.2) is 24.4 Å². The summed E-state index contributed by atoms with van der Waals surface area (Å²) in [6, 6.07) is 5.80. The van der Waals surface area contributed by atoms with E-state index >= 15 is 0 Å². The highest BCUT2D eigenvalue weighted by Gasteiger charge is 2.39. The van der Waals surface area contributed by atoms with Crippen molar-refractivity contribution >= 4 is 28.8 Å². The predicted molar refractivity (Wildman–Crippen MR) is 81.3 cm³/mol. The first-order chi connectivity index (χ1) is 9.74. The number of carbonyl (C=O) groups is 1. The Kier molecular flexibility index (Phi) is 2.88. The Morgan fingerprint density at radius 2 is 2.20 bits per heavy atom. The van der Waals surface area contributed by atoms with E-state index < -0.39 is 0 Å². The van der Waals surface area contributed by atoms with Gasteiger partial charge in [-0.2, -0.15) is 0 Å². The van der Waals surface area contributed by atoms with Crippen molar-refractivity contribution in [2.75, 3.05) is 0 Å². The first-order valence-electron chi connectivity index (χ1n) is 7.48. The highest BCUT2D eigenvalue weighted by Crippen LogP contribution is 2.49. The van der Waals surface area contributed by atoms with E-state index in [9.17, 15) is 4.79 Å². The molecule has 0 radical (unpaired) electrons. The number of hydrogen-bond acceptors (Lipinski definition) is 1. The van der Waals surface area contributed by atoms with Gasteiger partial charge < -0.3 is 4.57 Å². The Morgan fingerprint density at radius 1 is 1.30 bits per heavy atom. The van der Waals surface area contributed by atoms with Crippen molar-refractivity contribution in [3.63, 3.8) is 0 Å². The molecule has 104 valence electrons. The second-order valence-corrected chi connectivity index (χ2v) is 6.89. The fourth-order valence-electron chi connectivity index (χ4n) is 4.39. The maximum Gasteiger partial charge on any atom is 0.152 e. The SMILES string of the molecule is O=Cc1cn(CC2CC3CCC2C3)c2cc(Cl)ccc12. The molecule has 1 heterocycles. The van der Waals surface area contributed by atoms with Gasteiger partial charge in [0.15, 0.2) is 6.29 Å². The summed E-state index contributed by atoms with van der Waals surface area (Å²) < 4.78 is 2.25. The van der Waals surface area contributed by atoms with Gasteiger partial charge in [-0.25, -0.2) is 0 Å². The molecule has 3 heteroatoms. The van der Waals surface area contributed by atoms with Gasteiger partial charge in [-0.15, -0.1) is 0 Å². The van der Waals surface area contributed by atoms with Gasteiger partial charge in [0.05, 0.1) is 5.52 Å². The van der Waals surface area contributed by atoms with Crippen molar-refractivity contribution in [1.82, 2.24) is 4.57 Å². The van der Waals surface area contributed by atoms with Gasteiger partial charge in [0, 0.05) is 28.7 Å². The molecule has 2 saturated carbocycles. The number of aromatic nitrogens is 1. The van der Waals surface area contributed by atoms with Crippen molar-refractivity contribution in [3.05, 3.63) is 35.0 Å². The third kappa shape index (κ3) is 1.89. The van der Waals surface area contributed by atoms with Crippen LogP contribution in [0.5, 0.6) is 0 Å². The van der Waals surface area contributed by atoms with E-state index in [0.717, 1.165) is 52.1 Å². The van der Waals surface area contributed by atoms with Crippen molar-refractivity contribution in [2.24, 2.45) is 17.8 Å². The summed E-state index contributed by atoms with van der Waals surface area (Å²) in [5.74, 6) is 2.64. The monoisotopic (exact) mass is 287 g/mol. The Bertz CT molecular complexity index is 675. The van der Waals surface area contributed by atoms with Gasteiger partial charge >= 0.3 is 0 Å². The molecule has 0 saturated heterocycles. The van der Waals surface area contributed by atoms with Crippen LogP contribution < -0.4 is 0 Å². The van der Waals surface area contributed by atoms with Gasteiger partial charge in [-0.3, -0.25) is 4.79 Å². The standard InChI is InChI=1S/C17H18ClNO/c18-15-3-4-16-14(10-20)9-19(17(16)7-15)8-13-6-11-1-2-12(13)5-11/h3-4,7,9-13H,1-2,5-6,8H2. The van der Waals surface area contributed by atoms with Crippen molar-refractivity contribution < 1.29 is 4.79 Å². The van der Waals surface area contributed by atoms with Crippen molar-refractivity contribution in [1.29, 1.82) is 0 Å². The van der Waals surface area contributed by atoms with Crippen LogP contribution in [-0.2, 0) is 6.54 Å². The molecule has 3 atom stereocenters. The number of fused-ring (bicyclic) bond motifs is 3. The average molecular weight is 288 g/mol. The largest absolute Gasteiger partial charge is 0.346 e. The average Bonchev–Trinajstić information content (AvgIpc) is 3.13. The summed E-state index contributed by atoms with van der Waals surface area (Å²) in [6.07, 6.45) is 8.56. The lowest BCUT2D eigenvalue weighted by atomic mass is 9.89. The molecule has 3 unspecified atom stereocenters. The molecule has 0 amide bonds. The van der Waals surface area contributed by atoms with Gasteiger partial charge in [0.2, 0.25) is 0 Å². The van der Waals surface area contributed by atoms with Crippen LogP contribution in [0, 0.1) is 17.8 Å². The minimum Gasteiger partial charge on any atom is -0.346 e. The van der Waals surface area contributed by atoms with Crippen LogP contribution in [0.3, 0.4) is 0 Å². The van der Waals surface area contributed by atoms with E-state index in [-0.39, 0.29) is 0 Å². The summed E-state index contributed by atoms with van der Waals surface area (Å²) in [4.78, 5) is 11.2. The molecule has 1 aromatic carbocycles. The van der Waals surface area contributed by atoms with E-state index in [1.165, 1.54) is 25.7 Å². The number of carbonyl (C=O) groups excluding carboxylic acids is 1. The number of benzene rings is 1. The molecular formula is C17H18ClNO. The fraction of sp³-hybridized carbons (Fsp3) is 0.471. The Balaban J connectivity index is 1.72. The zero-order valence-electron chi connectivity index (χ0n) is 11.4. The lowest BCUT2D eigenvalue weighted by molar-refractivity contribution is 0.112. The van der Waals surface area contributed by atoms with Crippen LogP contribution >= 0.6 is 11.6 Å². The molecule has 0 N–H and O–H groups in total. The number of aldehydes is 1. The molecule has 2 aliphatic carbocycles. The van der Waals surface area contributed by atoms with Crippen LogP contribution in [-0.4, -0.2) is 10.9 Å². The summed E-state index contributed by atoms with van der Waals surface area (Å²) in [5.41, 5.74) is 1.88. The normalized spacial score (nSPS) is 28.4. The van der Waals surface area contributed by atoms with E-state index in [1.807, 2.05) is 24.4 Å². The second kappa shape index (κ2) is 4.63. The summed E-state index contributed by atoms with van der Waals surface area (Å²) in [6.45, 7) is 1.03. The number of halogens is 1. The molecule has 2 nitrogen and oxygen atoms in total. The minimum atomic E-state index is 0.738. The van der Waals surface area contributed by atoms with Gasteiger partial charge in [0.1, 0.15) is 0 Å². The summed E-state index contributed by atoms with van der Waals surface area (Å²) in [5, 5.41) is 1.76. The van der Waals surface area contributed by atoms with Gasteiger partial charge in [-0.1, -0.05) is 24.1 Å². The highest BCUT2D eigenvalue weighted by molar-refractivity contribution is 6.31. The molecule has 2 fully saturated rings. The lowest BCUT2D eigenvalue weighted by Gasteiger charge is -2.22. The minimum absolute atomic E-state index is 0.738. The fourth-order valence-corrected chi connectivity index (χ4v) is 4.56. The topological polar surface area (TPSA) is 22.0 Å². The van der Waals surface area contributed by atoms with E-state index in [2.05, 4.69) is 4.57 Å².